The van der Waals surface area contributed by atoms with E-state index in [4.69, 9.17) is 0 Å². The molecule has 1 aliphatic heterocycles. The summed E-state index contributed by atoms with van der Waals surface area (Å²) in [5.74, 6) is 0. The van der Waals surface area contributed by atoms with Gasteiger partial charge in [-0.25, -0.2) is 0 Å². The minimum absolute atomic E-state index is 0.414. The molecule has 2 unspecified atom stereocenters. The van der Waals surface area contributed by atoms with Gasteiger partial charge in [0.1, 0.15) is 0 Å². The summed E-state index contributed by atoms with van der Waals surface area (Å²) in [6.45, 7) is 14.5. The molecule has 2 nitrogen and oxygen atoms in total. The van der Waals surface area contributed by atoms with Gasteiger partial charge in [-0.05, 0) is 64.5 Å². The summed E-state index contributed by atoms with van der Waals surface area (Å²) >= 11 is 0. The summed E-state index contributed by atoms with van der Waals surface area (Å²) in [4.78, 5) is 2.80. The Morgan fingerprint density at radius 1 is 1.17 bits per heavy atom. The molecule has 0 aromatic heterocycles. The maximum absolute atomic E-state index is 3.84. The predicted octanol–water partition coefficient (Wildman–Crippen LogP) is 3.42. The zero-order valence-electron chi connectivity index (χ0n) is 13.1. The van der Waals surface area contributed by atoms with Gasteiger partial charge < -0.3 is 5.32 Å². The van der Waals surface area contributed by atoms with Gasteiger partial charge in [0.15, 0.2) is 0 Å². The molecule has 2 aliphatic rings. The van der Waals surface area contributed by atoms with E-state index in [1.165, 1.54) is 45.2 Å². The molecule has 0 aromatic rings. The SMILES string of the molecule is CCCNC1C(N2CCCC2(C)C)CCC1(C)C. The van der Waals surface area contributed by atoms with Crippen LogP contribution in [0.4, 0.5) is 0 Å². The molecule has 0 amide bonds. The molecule has 1 aliphatic carbocycles. The Morgan fingerprint density at radius 3 is 2.44 bits per heavy atom. The van der Waals surface area contributed by atoms with Crippen molar-refractivity contribution in [2.75, 3.05) is 13.1 Å². The Kier molecular flexibility index (Phi) is 4.08. The summed E-state index contributed by atoms with van der Waals surface area (Å²) in [5, 5.41) is 3.84. The van der Waals surface area contributed by atoms with E-state index in [0.29, 0.717) is 17.0 Å². The second-order valence-corrected chi connectivity index (χ2v) is 7.64. The highest BCUT2D eigenvalue weighted by atomic mass is 15.3. The Labute approximate surface area is 114 Å². The molecule has 18 heavy (non-hydrogen) atoms. The van der Waals surface area contributed by atoms with Crippen LogP contribution >= 0.6 is 0 Å². The maximum Gasteiger partial charge on any atom is 0.0274 e. The van der Waals surface area contributed by atoms with Crippen LogP contribution in [0, 0.1) is 5.41 Å². The van der Waals surface area contributed by atoms with E-state index in [0.717, 1.165) is 6.04 Å². The van der Waals surface area contributed by atoms with Gasteiger partial charge in [-0.2, -0.15) is 0 Å². The lowest BCUT2D eigenvalue weighted by molar-refractivity contribution is 0.0854. The minimum atomic E-state index is 0.414. The van der Waals surface area contributed by atoms with Crippen molar-refractivity contribution < 1.29 is 0 Å². The highest BCUT2D eigenvalue weighted by Crippen LogP contribution is 2.44. The summed E-state index contributed by atoms with van der Waals surface area (Å²) < 4.78 is 0. The Bertz CT molecular complexity index is 283. The van der Waals surface area contributed by atoms with E-state index >= 15 is 0 Å². The third-order valence-corrected chi connectivity index (χ3v) is 5.29. The highest BCUT2D eigenvalue weighted by Gasteiger charge is 2.48. The average Bonchev–Trinajstić information content (AvgIpc) is 2.75. The van der Waals surface area contributed by atoms with Crippen LogP contribution in [0.3, 0.4) is 0 Å². The number of nitrogens with zero attached hydrogens (tertiary/aromatic N) is 1. The zero-order valence-corrected chi connectivity index (χ0v) is 13.1. The first-order chi connectivity index (χ1) is 8.38. The normalized spacial score (nSPS) is 35.2. The van der Waals surface area contributed by atoms with Crippen LogP contribution in [-0.4, -0.2) is 35.6 Å². The summed E-state index contributed by atoms with van der Waals surface area (Å²) in [6.07, 6.45) is 6.72. The fourth-order valence-corrected chi connectivity index (χ4v) is 4.15. The monoisotopic (exact) mass is 252 g/mol. The van der Waals surface area contributed by atoms with E-state index in [-0.39, 0.29) is 0 Å². The minimum Gasteiger partial charge on any atom is -0.312 e. The molecule has 1 saturated carbocycles. The number of rotatable bonds is 4. The molecule has 1 saturated heterocycles. The quantitative estimate of drug-likeness (QED) is 0.825. The highest BCUT2D eigenvalue weighted by molar-refractivity contribution is 5.05. The van der Waals surface area contributed by atoms with E-state index in [9.17, 15) is 0 Å². The van der Waals surface area contributed by atoms with Crippen molar-refractivity contribution >= 4 is 0 Å². The van der Waals surface area contributed by atoms with Crippen molar-refractivity contribution in [3.05, 3.63) is 0 Å². The van der Waals surface area contributed by atoms with Crippen LogP contribution in [0.2, 0.25) is 0 Å². The van der Waals surface area contributed by atoms with Crippen LogP contribution in [0.25, 0.3) is 0 Å². The molecule has 0 bridgehead atoms. The third-order valence-electron chi connectivity index (χ3n) is 5.29. The van der Waals surface area contributed by atoms with Gasteiger partial charge in [-0.1, -0.05) is 20.8 Å². The van der Waals surface area contributed by atoms with Crippen LogP contribution in [0.5, 0.6) is 0 Å². The molecule has 1 N–H and O–H groups in total. The summed E-state index contributed by atoms with van der Waals surface area (Å²) in [6, 6.07) is 1.43. The van der Waals surface area contributed by atoms with E-state index in [1.807, 2.05) is 0 Å². The lowest BCUT2D eigenvalue weighted by Gasteiger charge is -2.42. The molecular formula is C16H32N2. The maximum atomic E-state index is 3.84. The Balaban J connectivity index is 2.11. The molecule has 2 atom stereocenters. The second-order valence-electron chi connectivity index (χ2n) is 7.64. The van der Waals surface area contributed by atoms with E-state index < -0.39 is 0 Å². The van der Waals surface area contributed by atoms with Gasteiger partial charge in [-0.3, -0.25) is 4.90 Å². The fraction of sp³-hybridized carbons (Fsp3) is 1.00. The van der Waals surface area contributed by atoms with Crippen molar-refractivity contribution in [3.8, 4) is 0 Å². The van der Waals surface area contributed by atoms with Gasteiger partial charge in [0, 0.05) is 17.6 Å². The first-order valence-corrected chi connectivity index (χ1v) is 7.88. The van der Waals surface area contributed by atoms with Crippen LogP contribution in [-0.2, 0) is 0 Å². The zero-order chi connectivity index (χ0) is 13.4. The molecule has 2 heteroatoms. The smallest absolute Gasteiger partial charge is 0.0274 e. The first-order valence-electron chi connectivity index (χ1n) is 7.88. The molecule has 0 spiro atoms. The van der Waals surface area contributed by atoms with Crippen LogP contribution in [0.15, 0.2) is 0 Å². The third kappa shape index (κ3) is 2.60. The van der Waals surface area contributed by atoms with Crippen LogP contribution < -0.4 is 5.32 Å². The van der Waals surface area contributed by atoms with Crippen molar-refractivity contribution in [2.45, 2.75) is 84.3 Å². The largest absolute Gasteiger partial charge is 0.312 e. The van der Waals surface area contributed by atoms with Gasteiger partial charge in [-0.15, -0.1) is 0 Å². The van der Waals surface area contributed by atoms with E-state index in [1.54, 1.807) is 0 Å². The van der Waals surface area contributed by atoms with Crippen molar-refractivity contribution in [2.24, 2.45) is 5.41 Å². The molecule has 2 fully saturated rings. The number of hydrogen-bond donors (Lipinski definition) is 1. The number of nitrogens with one attached hydrogen (secondary N) is 1. The van der Waals surface area contributed by atoms with Crippen molar-refractivity contribution in [1.82, 2.24) is 10.2 Å². The topological polar surface area (TPSA) is 15.3 Å². The average molecular weight is 252 g/mol. The Hall–Kier alpha value is -0.0800. The van der Waals surface area contributed by atoms with Gasteiger partial charge in [0.05, 0.1) is 0 Å². The molecule has 0 aromatic carbocycles. The summed E-state index contributed by atoms with van der Waals surface area (Å²) in [7, 11) is 0. The predicted molar refractivity (Wildman–Crippen MR) is 78.9 cm³/mol. The Morgan fingerprint density at radius 2 is 1.89 bits per heavy atom. The first kappa shape index (κ1) is 14.3. The number of hydrogen-bond acceptors (Lipinski definition) is 2. The van der Waals surface area contributed by atoms with Gasteiger partial charge in [0.25, 0.3) is 0 Å². The number of likely N-dealkylation sites (tertiary alicyclic amines) is 1. The molecule has 0 radical (unpaired) electrons. The second kappa shape index (κ2) is 5.13. The lowest BCUT2D eigenvalue weighted by atomic mass is 9.85. The van der Waals surface area contributed by atoms with Crippen molar-refractivity contribution in [3.63, 3.8) is 0 Å². The fourth-order valence-electron chi connectivity index (χ4n) is 4.15. The standard InChI is InChI=1S/C16H32N2/c1-6-11-17-14-13(8-10-15(14,2)3)18-12-7-9-16(18,4)5/h13-14,17H,6-12H2,1-5H3. The van der Waals surface area contributed by atoms with Crippen LogP contribution in [0.1, 0.15) is 66.7 Å². The lowest BCUT2D eigenvalue weighted by Crippen LogP contribution is -2.55. The molecule has 1 heterocycles. The molecule has 106 valence electrons. The molecule has 2 rings (SSSR count). The summed E-state index contributed by atoms with van der Waals surface area (Å²) in [5.41, 5.74) is 0.871. The molecular weight excluding hydrogens is 220 g/mol. The van der Waals surface area contributed by atoms with E-state index in [2.05, 4.69) is 44.8 Å². The van der Waals surface area contributed by atoms with Gasteiger partial charge >= 0.3 is 0 Å². The van der Waals surface area contributed by atoms with Crippen molar-refractivity contribution in [1.29, 1.82) is 0 Å². The van der Waals surface area contributed by atoms with Gasteiger partial charge in [0.2, 0.25) is 0 Å².